The molecule has 1 aromatic rings. The molecular weight excluding hydrogens is 190 g/mol. The van der Waals surface area contributed by atoms with Crippen molar-refractivity contribution in [3.05, 3.63) is 35.9 Å². The summed E-state index contributed by atoms with van der Waals surface area (Å²) in [6, 6.07) is 10.1. The van der Waals surface area contributed by atoms with Crippen LogP contribution in [0.15, 0.2) is 30.3 Å². The van der Waals surface area contributed by atoms with Gasteiger partial charge in [0.1, 0.15) is 0 Å². The first-order chi connectivity index (χ1) is 7.33. The molecule has 0 aliphatic heterocycles. The predicted octanol–water partition coefficient (Wildman–Crippen LogP) is 1.38. The molecule has 1 N–H and O–H groups in total. The lowest BCUT2D eigenvalue weighted by Gasteiger charge is -2.04. The van der Waals surface area contributed by atoms with Crippen molar-refractivity contribution in [3.63, 3.8) is 0 Å². The molecule has 0 aromatic heterocycles. The molecule has 0 saturated carbocycles. The third-order valence-corrected chi connectivity index (χ3v) is 2.11. The molecule has 0 aliphatic carbocycles. The van der Waals surface area contributed by atoms with Crippen LogP contribution in [-0.4, -0.2) is 26.2 Å². The molecule has 0 saturated heterocycles. The zero-order valence-corrected chi connectivity index (χ0v) is 9.03. The van der Waals surface area contributed by atoms with E-state index in [2.05, 4.69) is 17.4 Å². The lowest BCUT2D eigenvalue weighted by molar-refractivity contribution is -0.121. The van der Waals surface area contributed by atoms with Crippen molar-refractivity contribution in [1.29, 1.82) is 0 Å². The van der Waals surface area contributed by atoms with Gasteiger partial charge in [-0.2, -0.15) is 0 Å². The molecule has 0 radical (unpaired) electrons. The van der Waals surface area contributed by atoms with Crippen LogP contribution in [0.4, 0.5) is 0 Å². The topological polar surface area (TPSA) is 38.3 Å². The summed E-state index contributed by atoms with van der Waals surface area (Å²) >= 11 is 0. The molecule has 3 heteroatoms. The van der Waals surface area contributed by atoms with Crippen molar-refractivity contribution in [3.8, 4) is 0 Å². The van der Waals surface area contributed by atoms with Gasteiger partial charge in [0.15, 0.2) is 0 Å². The number of hydrogen-bond donors (Lipinski definition) is 1. The molecular formula is C12H17NO2. The molecule has 15 heavy (non-hydrogen) atoms. The molecule has 0 bridgehead atoms. The van der Waals surface area contributed by atoms with Crippen LogP contribution in [-0.2, 0) is 16.0 Å². The maximum atomic E-state index is 11.2. The highest BCUT2D eigenvalue weighted by Gasteiger charge is 1.99. The highest BCUT2D eigenvalue weighted by molar-refractivity contribution is 5.75. The Kier molecular flexibility index (Phi) is 5.48. The third kappa shape index (κ3) is 5.18. The Bertz CT molecular complexity index is 285. The van der Waals surface area contributed by atoms with Gasteiger partial charge in [0.25, 0.3) is 0 Å². The highest BCUT2D eigenvalue weighted by Crippen LogP contribution is 1.98. The van der Waals surface area contributed by atoms with Crippen LogP contribution in [0.1, 0.15) is 12.0 Å². The number of rotatable bonds is 6. The van der Waals surface area contributed by atoms with Crippen molar-refractivity contribution < 1.29 is 9.53 Å². The summed E-state index contributed by atoms with van der Waals surface area (Å²) in [5.41, 5.74) is 1.24. The molecule has 1 amide bonds. The van der Waals surface area contributed by atoms with E-state index < -0.39 is 0 Å². The van der Waals surface area contributed by atoms with Gasteiger partial charge in [-0.15, -0.1) is 0 Å². The zero-order chi connectivity index (χ0) is 10.9. The van der Waals surface area contributed by atoms with Crippen LogP contribution < -0.4 is 5.32 Å². The summed E-state index contributed by atoms with van der Waals surface area (Å²) in [5.74, 6) is 0.0489. The summed E-state index contributed by atoms with van der Waals surface area (Å²) in [4.78, 5) is 11.2. The maximum Gasteiger partial charge on any atom is 0.222 e. The normalized spacial score (nSPS) is 9.93. The second kappa shape index (κ2) is 7.01. The summed E-state index contributed by atoms with van der Waals surface area (Å²) in [5, 5.41) is 2.85. The minimum Gasteiger partial charge on any atom is -0.384 e. The number of carbonyl (C=O) groups excluding carboxylic acids is 1. The fourth-order valence-electron chi connectivity index (χ4n) is 1.27. The lowest BCUT2D eigenvalue weighted by Crippen LogP contribution is -2.26. The number of ether oxygens (including phenoxy) is 1. The number of nitrogens with one attached hydrogen (secondary N) is 1. The van der Waals surface area contributed by atoms with Crippen LogP contribution in [0.5, 0.6) is 0 Å². The van der Waals surface area contributed by atoms with Gasteiger partial charge in [0.05, 0.1) is 6.61 Å². The van der Waals surface area contributed by atoms with Gasteiger partial charge in [-0.25, -0.2) is 0 Å². The van der Waals surface area contributed by atoms with Crippen LogP contribution in [0.3, 0.4) is 0 Å². The number of hydrogen-bond acceptors (Lipinski definition) is 2. The second-order valence-corrected chi connectivity index (χ2v) is 3.33. The molecule has 1 rings (SSSR count). The lowest BCUT2D eigenvalue weighted by atomic mass is 10.1. The number of benzene rings is 1. The number of carbonyl (C=O) groups is 1. The second-order valence-electron chi connectivity index (χ2n) is 3.33. The molecule has 3 nitrogen and oxygen atoms in total. The van der Waals surface area contributed by atoms with Crippen LogP contribution in [0.2, 0.25) is 0 Å². The monoisotopic (exact) mass is 207 g/mol. The molecule has 0 heterocycles. The molecule has 0 atom stereocenters. The van der Waals surface area contributed by atoms with E-state index in [-0.39, 0.29) is 5.91 Å². The van der Waals surface area contributed by atoms with E-state index in [1.54, 1.807) is 7.11 Å². The van der Waals surface area contributed by atoms with E-state index in [1.807, 2.05) is 18.2 Å². The standard InChI is InChI=1S/C12H17NO2/c1-15-10-8-12(14)13-9-7-11-5-3-2-4-6-11/h2-6H,7-10H2,1H3,(H,13,14). The van der Waals surface area contributed by atoms with E-state index in [0.29, 0.717) is 19.6 Å². The zero-order valence-electron chi connectivity index (χ0n) is 9.03. The SMILES string of the molecule is COCCC(=O)NCCc1ccccc1. The highest BCUT2D eigenvalue weighted by atomic mass is 16.5. The quantitative estimate of drug-likeness (QED) is 0.765. The average molecular weight is 207 g/mol. The minimum absolute atomic E-state index is 0.0489. The minimum atomic E-state index is 0.0489. The molecule has 1 aromatic carbocycles. The van der Waals surface area contributed by atoms with Gasteiger partial charge in [-0.1, -0.05) is 30.3 Å². The molecule has 0 aliphatic rings. The van der Waals surface area contributed by atoms with E-state index >= 15 is 0 Å². The number of methoxy groups -OCH3 is 1. The Balaban J connectivity index is 2.14. The average Bonchev–Trinajstić information content (AvgIpc) is 2.28. The Labute approximate surface area is 90.4 Å². The third-order valence-electron chi connectivity index (χ3n) is 2.11. The van der Waals surface area contributed by atoms with Crippen molar-refractivity contribution in [1.82, 2.24) is 5.32 Å². The van der Waals surface area contributed by atoms with Gasteiger partial charge < -0.3 is 10.1 Å². The van der Waals surface area contributed by atoms with Gasteiger partial charge in [-0.3, -0.25) is 4.79 Å². The van der Waals surface area contributed by atoms with E-state index in [4.69, 9.17) is 4.74 Å². The van der Waals surface area contributed by atoms with Crippen molar-refractivity contribution >= 4 is 5.91 Å². The Morgan fingerprint density at radius 2 is 2.07 bits per heavy atom. The fraction of sp³-hybridized carbons (Fsp3) is 0.417. The number of amides is 1. The van der Waals surface area contributed by atoms with E-state index in [9.17, 15) is 4.79 Å². The Morgan fingerprint density at radius 1 is 1.33 bits per heavy atom. The summed E-state index contributed by atoms with van der Waals surface area (Å²) < 4.78 is 4.82. The first-order valence-electron chi connectivity index (χ1n) is 5.12. The van der Waals surface area contributed by atoms with Gasteiger partial charge in [0.2, 0.25) is 5.91 Å². The first kappa shape index (κ1) is 11.7. The van der Waals surface area contributed by atoms with Crippen molar-refractivity contribution in [2.24, 2.45) is 0 Å². The molecule has 0 fully saturated rings. The Morgan fingerprint density at radius 3 is 2.73 bits per heavy atom. The van der Waals surface area contributed by atoms with Crippen molar-refractivity contribution in [2.75, 3.05) is 20.3 Å². The van der Waals surface area contributed by atoms with Crippen LogP contribution in [0, 0.1) is 0 Å². The smallest absolute Gasteiger partial charge is 0.222 e. The first-order valence-corrected chi connectivity index (χ1v) is 5.12. The Hall–Kier alpha value is -1.35. The van der Waals surface area contributed by atoms with Gasteiger partial charge >= 0.3 is 0 Å². The van der Waals surface area contributed by atoms with Gasteiger partial charge in [0, 0.05) is 20.1 Å². The maximum absolute atomic E-state index is 11.2. The van der Waals surface area contributed by atoms with E-state index in [0.717, 1.165) is 6.42 Å². The van der Waals surface area contributed by atoms with Crippen LogP contribution >= 0.6 is 0 Å². The van der Waals surface area contributed by atoms with Gasteiger partial charge in [-0.05, 0) is 12.0 Å². The van der Waals surface area contributed by atoms with Crippen LogP contribution in [0.25, 0.3) is 0 Å². The largest absolute Gasteiger partial charge is 0.384 e. The summed E-state index contributed by atoms with van der Waals surface area (Å²) in [6.45, 7) is 1.17. The predicted molar refractivity (Wildman–Crippen MR) is 59.6 cm³/mol. The van der Waals surface area contributed by atoms with Crippen molar-refractivity contribution in [2.45, 2.75) is 12.8 Å². The fourth-order valence-corrected chi connectivity index (χ4v) is 1.27. The molecule has 0 spiro atoms. The molecule has 0 unspecified atom stereocenters. The molecule has 82 valence electrons. The summed E-state index contributed by atoms with van der Waals surface area (Å²) in [7, 11) is 1.59. The van der Waals surface area contributed by atoms with E-state index in [1.165, 1.54) is 5.56 Å². The summed E-state index contributed by atoms with van der Waals surface area (Å²) in [6.07, 6.45) is 1.31.